The van der Waals surface area contributed by atoms with Gasteiger partial charge in [0.15, 0.2) is 5.82 Å². The van der Waals surface area contributed by atoms with Crippen LogP contribution in [0, 0.1) is 0 Å². The van der Waals surface area contributed by atoms with Crippen molar-refractivity contribution in [2.75, 3.05) is 25.7 Å². The second-order valence-corrected chi connectivity index (χ2v) is 6.84. The van der Waals surface area contributed by atoms with Crippen LogP contribution in [0.5, 0.6) is 11.5 Å². The van der Waals surface area contributed by atoms with E-state index in [-0.39, 0.29) is 11.8 Å². The van der Waals surface area contributed by atoms with Crippen molar-refractivity contribution in [3.8, 4) is 23.0 Å². The van der Waals surface area contributed by atoms with Crippen LogP contribution in [-0.2, 0) is 4.79 Å². The summed E-state index contributed by atoms with van der Waals surface area (Å²) >= 11 is 6.08. The average molecular weight is 400 g/mol. The van der Waals surface area contributed by atoms with Gasteiger partial charge in [0, 0.05) is 29.6 Å². The molecule has 0 spiro atoms. The first kappa shape index (κ1) is 18.3. The predicted octanol–water partition coefficient (Wildman–Crippen LogP) is 3.93. The molecule has 1 aromatic heterocycles. The minimum atomic E-state index is -0.155. The number of methoxy groups -OCH3 is 2. The van der Waals surface area contributed by atoms with Gasteiger partial charge in [-0.05, 0) is 42.5 Å². The van der Waals surface area contributed by atoms with Crippen LogP contribution in [0.15, 0.2) is 47.0 Å². The van der Waals surface area contributed by atoms with Crippen LogP contribution in [0.25, 0.3) is 11.5 Å². The van der Waals surface area contributed by atoms with Gasteiger partial charge in [-0.3, -0.25) is 4.79 Å². The highest BCUT2D eigenvalue weighted by Crippen LogP contribution is 2.35. The fourth-order valence-corrected chi connectivity index (χ4v) is 3.42. The van der Waals surface area contributed by atoms with Crippen molar-refractivity contribution in [1.29, 1.82) is 0 Å². The third kappa shape index (κ3) is 3.41. The van der Waals surface area contributed by atoms with Crippen molar-refractivity contribution >= 4 is 23.2 Å². The van der Waals surface area contributed by atoms with E-state index in [9.17, 15) is 4.79 Å². The van der Waals surface area contributed by atoms with Crippen LogP contribution in [0.3, 0.4) is 0 Å². The maximum atomic E-state index is 12.5. The molecule has 0 N–H and O–H groups in total. The fourth-order valence-electron chi connectivity index (χ4n) is 3.25. The van der Waals surface area contributed by atoms with Crippen LogP contribution >= 0.6 is 11.6 Å². The lowest BCUT2D eigenvalue weighted by molar-refractivity contribution is -0.117. The molecule has 2 heterocycles. The number of anilines is 1. The van der Waals surface area contributed by atoms with Gasteiger partial charge >= 0.3 is 0 Å². The Balaban J connectivity index is 1.56. The molecular weight excluding hydrogens is 382 g/mol. The fraction of sp³-hybridized carbons (Fsp3) is 0.250. The summed E-state index contributed by atoms with van der Waals surface area (Å²) in [7, 11) is 3.17. The minimum absolute atomic E-state index is 0.0156. The van der Waals surface area contributed by atoms with Gasteiger partial charge in [0.25, 0.3) is 5.89 Å². The minimum Gasteiger partial charge on any atom is -0.497 e. The highest BCUT2D eigenvalue weighted by molar-refractivity contribution is 6.30. The number of amides is 1. The Morgan fingerprint density at radius 3 is 2.64 bits per heavy atom. The molecule has 8 heteroatoms. The largest absolute Gasteiger partial charge is 0.497 e. The van der Waals surface area contributed by atoms with Crippen molar-refractivity contribution in [3.05, 3.63) is 53.3 Å². The molecular formula is C20H18ClN3O4. The molecule has 3 aromatic rings. The Bertz CT molecular complexity index is 1000. The van der Waals surface area contributed by atoms with E-state index in [4.69, 9.17) is 25.6 Å². The molecule has 2 aromatic carbocycles. The lowest BCUT2D eigenvalue weighted by Gasteiger charge is -2.16. The van der Waals surface area contributed by atoms with Crippen molar-refractivity contribution in [3.63, 3.8) is 0 Å². The quantitative estimate of drug-likeness (QED) is 0.647. The first-order chi connectivity index (χ1) is 13.6. The maximum Gasteiger partial charge on any atom is 0.261 e. The molecule has 0 unspecified atom stereocenters. The van der Waals surface area contributed by atoms with E-state index < -0.39 is 0 Å². The zero-order chi connectivity index (χ0) is 19.7. The molecule has 4 rings (SSSR count). The number of carbonyl (C=O) groups excluding carboxylic acids is 1. The summed E-state index contributed by atoms with van der Waals surface area (Å²) in [6.07, 6.45) is 0.317. The number of hydrogen-bond acceptors (Lipinski definition) is 6. The molecule has 0 radical (unpaired) electrons. The second kappa shape index (κ2) is 7.52. The van der Waals surface area contributed by atoms with E-state index >= 15 is 0 Å². The van der Waals surface area contributed by atoms with Gasteiger partial charge in [0.1, 0.15) is 11.5 Å². The Morgan fingerprint density at radius 2 is 1.93 bits per heavy atom. The van der Waals surface area contributed by atoms with Gasteiger partial charge in [-0.2, -0.15) is 4.98 Å². The summed E-state index contributed by atoms with van der Waals surface area (Å²) < 4.78 is 15.9. The summed E-state index contributed by atoms with van der Waals surface area (Å²) in [5.41, 5.74) is 1.43. The van der Waals surface area contributed by atoms with E-state index in [0.29, 0.717) is 41.0 Å². The second-order valence-electron chi connectivity index (χ2n) is 6.41. The van der Waals surface area contributed by atoms with Gasteiger partial charge in [-0.1, -0.05) is 16.8 Å². The molecule has 7 nitrogen and oxygen atoms in total. The Hall–Kier alpha value is -3.06. The van der Waals surface area contributed by atoms with E-state index in [1.54, 1.807) is 37.3 Å². The first-order valence-corrected chi connectivity index (χ1v) is 9.08. The Kier molecular flexibility index (Phi) is 4.92. The van der Waals surface area contributed by atoms with Crippen LogP contribution < -0.4 is 14.4 Å². The molecule has 1 aliphatic rings. The zero-order valence-electron chi connectivity index (χ0n) is 15.4. The normalized spacial score (nSPS) is 16.5. The monoisotopic (exact) mass is 399 g/mol. The molecule has 1 fully saturated rings. The molecule has 1 amide bonds. The predicted molar refractivity (Wildman–Crippen MR) is 104 cm³/mol. The highest BCUT2D eigenvalue weighted by atomic mass is 35.5. The number of benzene rings is 2. The zero-order valence-corrected chi connectivity index (χ0v) is 16.1. The molecule has 28 heavy (non-hydrogen) atoms. The number of hydrogen-bond donors (Lipinski definition) is 0. The number of nitrogens with zero attached hydrogens (tertiary/aromatic N) is 3. The average Bonchev–Trinajstić information content (AvgIpc) is 3.35. The number of aromatic nitrogens is 2. The number of ether oxygens (including phenoxy) is 2. The SMILES string of the molecule is COc1ccc(N2C[C@H](c3noc(-c4cc(Cl)ccc4OC)n3)CC2=O)cc1. The van der Waals surface area contributed by atoms with Crippen LogP contribution in [-0.4, -0.2) is 36.8 Å². The molecule has 1 saturated heterocycles. The Labute approximate surface area is 166 Å². The third-order valence-electron chi connectivity index (χ3n) is 4.71. The summed E-state index contributed by atoms with van der Waals surface area (Å²) in [5.74, 6) is 1.98. The maximum absolute atomic E-state index is 12.5. The van der Waals surface area contributed by atoms with Crippen molar-refractivity contribution in [1.82, 2.24) is 10.1 Å². The first-order valence-electron chi connectivity index (χ1n) is 8.71. The van der Waals surface area contributed by atoms with Crippen LogP contribution in [0.1, 0.15) is 18.2 Å². The molecule has 144 valence electrons. The molecule has 0 bridgehead atoms. The lowest BCUT2D eigenvalue weighted by atomic mass is 10.1. The summed E-state index contributed by atoms with van der Waals surface area (Å²) in [4.78, 5) is 18.7. The van der Waals surface area contributed by atoms with E-state index in [1.807, 2.05) is 24.3 Å². The van der Waals surface area contributed by atoms with Crippen molar-refractivity contribution in [2.45, 2.75) is 12.3 Å². The Morgan fingerprint density at radius 1 is 1.14 bits per heavy atom. The van der Waals surface area contributed by atoms with E-state index in [1.165, 1.54) is 0 Å². The third-order valence-corrected chi connectivity index (χ3v) is 4.94. The van der Waals surface area contributed by atoms with Gasteiger partial charge < -0.3 is 18.9 Å². The number of carbonyl (C=O) groups is 1. The van der Waals surface area contributed by atoms with E-state index in [0.717, 1.165) is 11.4 Å². The smallest absolute Gasteiger partial charge is 0.261 e. The molecule has 0 saturated carbocycles. The summed E-state index contributed by atoms with van der Waals surface area (Å²) in [6, 6.07) is 12.5. The van der Waals surface area contributed by atoms with Gasteiger partial charge in [-0.15, -0.1) is 0 Å². The number of rotatable bonds is 5. The van der Waals surface area contributed by atoms with Crippen LogP contribution in [0.4, 0.5) is 5.69 Å². The number of halogens is 1. The molecule has 1 aliphatic heterocycles. The van der Waals surface area contributed by atoms with Gasteiger partial charge in [0.05, 0.1) is 19.8 Å². The summed E-state index contributed by atoms with van der Waals surface area (Å²) in [5, 5.41) is 4.63. The van der Waals surface area contributed by atoms with Crippen molar-refractivity contribution in [2.24, 2.45) is 0 Å². The van der Waals surface area contributed by atoms with E-state index in [2.05, 4.69) is 10.1 Å². The summed E-state index contributed by atoms with van der Waals surface area (Å²) in [6.45, 7) is 0.483. The molecule has 1 atom stereocenters. The topological polar surface area (TPSA) is 77.7 Å². The van der Waals surface area contributed by atoms with Gasteiger partial charge in [0.2, 0.25) is 5.91 Å². The van der Waals surface area contributed by atoms with Gasteiger partial charge in [-0.25, -0.2) is 0 Å². The highest BCUT2D eigenvalue weighted by Gasteiger charge is 2.34. The standard InChI is InChI=1S/C20H18ClN3O4/c1-26-15-6-4-14(5-7-15)24-11-12(9-18(24)25)19-22-20(28-23-19)16-10-13(21)3-8-17(16)27-2/h3-8,10,12H,9,11H2,1-2H3/t12-/m1/s1. The van der Waals surface area contributed by atoms with Crippen molar-refractivity contribution < 1.29 is 18.8 Å². The lowest BCUT2D eigenvalue weighted by Crippen LogP contribution is -2.24. The molecule has 0 aliphatic carbocycles. The van der Waals surface area contributed by atoms with Crippen LogP contribution in [0.2, 0.25) is 5.02 Å².